The van der Waals surface area contributed by atoms with Crippen LogP contribution in [0.15, 0.2) is 24.3 Å². The molecule has 0 saturated carbocycles. The summed E-state index contributed by atoms with van der Waals surface area (Å²) >= 11 is 0.993. The van der Waals surface area contributed by atoms with E-state index >= 15 is 0 Å². The first-order chi connectivity index (χ1) is 11.2. The zero-order valence-corrected chi connectivity index (χ0v) is 15.1. The van der Waals surface area contributed by atoms with Crippen molar-refractivity contribution >= 4 is 23.3 Å². The van der Waals surface area contributed by atoms with Crippen LogP contribution in [0.3, 0.4) is 0 Å². The first kappa shape index (κ1) is 17.9. The molecule has 1 N–H and O–H groups in total. The van der Waals surface area contributed by atoms with E-state index in [9.17, 15) is 9.59 Å². The molecule has 0 aliphatic carbocycles. The summed E-state index contributed by atoms with van der Waals surface area (Å²) in [6.45, 7) is 7.21. The predicted molar refractivity (Wildman–Crippen MR) is 91.0 cm³/mol. The molecule has 0 bridgehead atoms. The molecule has 0 atom stereocenters. The van der Waals surface area contributed by atoms with Gasteiger partial charge in [-0.2, -0.15) is 0 Å². The number of carbonyl (C=O) groups is 2. The molecule has 24 heavy (non-hydrogen) atoms. The predicted octanol–water partition coefficient (Wildman–Crippen LogP) is 2.44. The van der Waals surface area contributed by atoms with Gasteiger partial charge in [-0.05, 0) is 57.4 Å². The van der Waals surface area contributed by atoms with Crippen LogP contribution in [0.25, 0.3) is 0 Å². The maximum Gasteiger partial charge on any atom is 0.283 e. The molecule has 0 spiro atoms. The number of hydrogen-bond acceptors (Lipinski definition) is 6. The van der Waals surface area contributed by atoms with Crippen LogP contribution in [0.5, 0.6) is 5.75 Å². The molecule has 0 unspecified atom stereocenters. The van der Waals surface area contributed by atoms with Gasteiger partial charge in [0.1, 0.15) is 10.6 Å². The number of hydrazine groups is 1. The average Bonchev–Trinajstić information content (AvgIpc) is 2.97. The molecule has 1 heterocycles. The van der Waals surface area contributed by atoms with Gasteiger partial charge < -0.3 is 4.74 Å². The fraction of sp³-hybridized carbons (Fsp3) is 0.375. The second-order valence-electron chi connectivity index (χ2n) is 6.17. The second kappa shape index (κ2) is 6.96. The van der Waals surface area contributed by atoms with Gasteiger partial charge in [0.15, 0.2) is 0 Å². The van der Waals surface area contributed by atoms with Crippen LogP contribution in [0, 0.1) is 6.92 Å². The number of carbonyl (C=O) groups excluding carboxylic acids is 2. The molecule has 7 nitrogen and oxygen atoms in total. The number of nitrogens with zero attached hydrogens (tertiary/aromatic N) is 3. The van der Waals surface area contributed by atoms with Crippen molar-refractivity contribution in [2.24, 2.45) is 0 Å². The minimum absolute atomic E-state index is 0.329. The Kier molecular flexibility index (Phi) is 5.18. The van der Waals surface area contributed by atoms with Crippen molar-refractivity contribution in [3.8, 4) is 5.75 Å². The number of nitrogens with one attached hydrogen (secondary N) is 1. The molecule has 2 aromatic rings. The third kappa shape index (κ3) is 3.88. The highest BCUT2D eigenvalue weighted by Gasteiger charge is 2.30. The Morgan fingerprint density at radius 2 is 2.00 bits per heavy atom. The molecule has 0 aliphatic rings. The van der Waals surface area contributed by atoms with Crippen LogP contribution < -0.4 is 10.2 Å². The van der Waals surface area contributed by atoms with Gasteiger partial charge in [-0.25, -0.2) is 5.01 Å². The third-order valence-electron chi connectivity index (χ3n) is 3.26. The summed E-state index contributed by atoms with van der Waals surface area (Å²) in [6.07, 6.45) is 0. The van der Waals surface area contributed by atoms with E-state index in [0.717, 1.165) is 11.5 Å². The molecule has 0 aliphatic heterocycles. The SMILES string of the molecule is COc1cccc(C(=O)N(NC(=O)c2snnc2C)C(C)(C)C)c1. The highest BCUT2D eigenvalue weighted by Crippen LogP contribution is 2.19. The molecule has 128 valence electrons. The zero-order chi connectivity index (χ0) is 17.9. The van der Waals surface area contributed by atoms with Crippen LogP contribution >= 0.6 is 11.5 Å². The van der Waals surface area contributed by atoms with E-state index in [1.54, 1.807) is 31.2 Å². The van der Waals surface area contributed by atoms with Crippen LogP contribution in [-0.4, -0.2) is 39.1 Å². The van der Waals surface area contributed by atoms with Crippen molar-refractivity contribution in [1.29, 1.82) is 0 Å². The maximum atomic E-state index is 12.9. The van der Waals surface area contributed by atoms with Gasteiger partial charge in [-0.15, -0.1) is 5.10 Å². The summed E-state index contributed by atoms with van der Waals surface area (Å²) in [4.78, 5) is 25.7. The molecule has 2 rings (SSSR count). The minimum atomic E-state index is -0.623. The van der Waals surface area contributed by atoms with Gasteiger partial charge >= 0.3 is 0 Å². The monoisotopic (exact) mass is 348 g/mol. The normalized spacial score (nSPS) is 11.0. The van der Waals surface area contributed by atoms with Crippen molar-refractivity contribution in [3.05, 3.63) is 40.4 Å². The Balaban J connectivity index is 2.30. The molecule has 0 saturated heterocycles. The summed E-state index contributed by atoms with van der Waals surface area (Å²) in [5.74, 6) is -0.165. The lowest BCUT2D eigenvalue weighted by atomic mass is 10.1. The second-order valence-corrected chi connectivity index (χ2v) is 6.93. The van der Waals surface area contributed by atoms with E-state index in [0.29, 0.717) is 21.9 Å². The van der Waals surface area contributed by atoms with Crippen LogP contribution in [0.1, 0.15) is 46.5 Å². The number of methoxy groups -OCH3 is 1. The van der Waals surface area contributed by atoms with E-state index in [1.807, 2.05) is 20.8 Å². The Morgan fingerprint density at radius 3 is 2.54 bits per heavy atom. The van der Waals surface area contributed by atoms with Gasteiger partial charge in [0, 0.05) is 5.56 Å². The van der Waals surface area contributed by atoms with E-state index in [-0.39, 0.29) is 5.91 Å². The van der Waals surface area contributed by atoms with Crippen LogP contribution in [0.2, 0.25) is 0 Å². The fourth-order valence-electron chi connectivity index (χ4n) is 2.00. The van der Waals surface area contributed by atoms with E-state index in [2.05, 4.69) is 15.0 Å². The number of aromatic nitrogens is 2. The van der Waals surface area contributed by atoms with Crippen LogP contribution in [-0.2, 0) is 0 Å². The molecule has 1 aromatic heterocycles. The summed E-state index contributed by atoms with van der Waals surface area (Å²) in [6, 6.07) is 6.79. The van der Waals surface area contributed by atoms with Crippen molar-refractivity contribution < 1.29 is 14.3 Å². The lowest BCUT2D eigenvalue weighted by Crippen LogP contribution is -2.55. The fourth-order valence-corrected chi connectivity index (χ4v) is 2.55. The number of benzene rings is 1. The Labute approximate surface area is 144 Å². The Morgan fingerprint density at radius 1 is 1.29 bits per heavy atom. The Hall–Kier alpha value is -2.48. The third-order valence-corrected chi connectivity index (χ3v) is 4.09. The average molecular weight is 348 g/mol. The summed E-state index contributed by atoms with van der Waals surface area (Å²) in [7, 11) is 1.53. The maximum absolute atomic E-state index is 12.9. The van der Waals surface area contributed by atoms with Gasteiger partial charge in [0.2, 0.25) is 0 Å². The van der Waals surface area contributed by atoms with E-state index < -0.39 is 11.4 Å². The number of amides is 2. The van der Waals surface area contributed by atoms with Crippen molar-refractivity contribution in [2.45, 2.75) is 33.2 Å². The summed E-state index contributed by atoms with van der Waals surface area (Å²) in [5.41, 5.74) is 3.00. The van der Waals surface area contributed by atoms with Crippen molar-refractivity contribution in [3.63, 3.8) is 0 Å². The zero-order valence-electron chi connectivity index (χ0n) is 14.3. The lowest BCUT2D eigenvalue weighted by molar-refractivity contribution is 0.0359. The lowest BCUT2D eigenvalue weighted by Gasteiger charge is -2.35. The topological polar surface area (TPSA) is 84.4 Å². The van der Waals surface area contributed by atoms with Gasteiger partial charge in [0.05, 0.1) is 18.3 Å². The summed E-state index contributed by atoms with van der Waals surface area (Å²) < 4.78 is 8.90. The minimum Gasteiger partial charge on any atom is -0.497 e. The van der Waals surface area contributed by atoms with E-state index in [1.165, 1.54) is 12.1 Å². The Bertz CT molecular complexity index is 752. The molecule has 8 heteroatoms. The smallest absolute Gasteiger partial charge is 0.283 e. The highest BCUT2D eigenvalue weighted by molar-refractivity contribution is 7.07. The molecule has 0 fully saturated rings. The number of rotatable bonds is 3. The number of ether oxygens (including phenoxy) is 1. The first-order valence-electron chi connectivity index (χ1n) is 7.32. The molecule has 0 radical (unpaired) electrons. The number of hydrogen-bond donors (Lipinski definition) is 1. The number of aryl methyl sites for hydroxylation is 1. The highest BCUT2D eigenvalue weighted by atomic mass is 32.1. The molecule has 2 amide bonds. The quantitative estimate of drug-likeness (QED) is 0.861. The van der Waals surface area contributed by atoms with Crippen molar-refractivity contribution in [2.75, 3.05) is 7.11 Å². The van der Waals surface area contributed by atoms with Crippen LogP contribution in [0.4, 0.5) is 0 Å². The van der Waals surface area contributed by atoms with Gasteiger partial charge in [-0.3, -0.25) is 15.0 Å². The summed E-state index contributed by atoms with van der Waals surface area (Å²) in [5, 5.41) is 5.13. The van der Waals surface area contributed by atoms with Crippen molar-refractivity contribution in [1.82, 2.24) is 20.0 Å². The molecular weight excluding hydrogens is 328 g/mol. The van der Waals surface area contributed by atoms with Gasteiger partial charge in [-0.1, -0.05) is 10.6 Å². The molecular formula is C16H20N4O3S. The van der Waals surface area contributed by atoms with Gasteiger partial charge in [0.25, 0.3) is 11.8 Å². The largest absolute Gasteiger partial charge is 0.497 e. The standard InChI is InChI=1S/C16H20N4O3S/c1-10-13(24-19-17-10)14(21)18-20(16(2,3)4)15(22)11-7-6-8-12(9-11)23-5/h6-9H,1-5H3,(H,18,21). The first-order valence-corrected chi connectivity index (χ1v) is 8.10. The molecule has 1 aromatic carbocycles. The van der Waals surface area contributed by atoms with E-state index in [4.69, 9.17) is 4.74 Å².